The van der Waals surface area contributed by atoms with Crippen LogP contribution in [-0.4, -0.2) is 12.6 Å². The third-order valence-electron chi connectivity index (χ3n) is 2.63. The van der Waals surface area contributed by atoms with E-state index in [-0.39, 0.29) is 5.97 Å². The van der Waals surface area contributed by atoms with Crippen molar-refractivity contribution in [2.75, 3.05) is 11.9 Å². The van der Waals surface area contributed by atoms with E-state index in [1.54, 1.807) is 6.92 Å². The van der Waals surface area contributed by atoms with Gasteiger partial charge in [-0.1, -0.05) is 27.5 Å². The largest absolute Gasteiger partial charge is 0.464 e. The van der Waals surface area contributed by atoms with E-state index in [2.05, 4.69) is 37.2 Å². The summed E-state index contributed by atoms with van der Waals surface area (Å²) in [7, 11) is 0. The van der Waals surface area contributed by atoms with Gasteiger partial charge in [0, 0.05) is 19.5 Å². The normalized spacial score (nSPS) is 12.0. The van der Waals surface area contributed by atoms with Crippen LogP contribution in [0.4, 0.5) is 5.69 Å². The molecule has 2 aromatic rings. The Morgan fingerprint density at radius 3 is 2.57 bits per heavy atom. The lowest BCUT2D eigenvalue weighted by atomic mass is 10.2. The standard InChI is InChI=1S/C14H12Br2ClNO2S/c1-2-20-14(19)12(11-7-10(16)13(17)21-11)18-9-5-3-8(15)4-6-9/h3-7,12,18H,2H2,1H3. The van der Waals surface area contributed by atoms with Gasteiger partial charge >= 0.3 is 5.97 Å². The first kappa shape index (κ1) is 16.8. The second-order valence-corrected chi connectivity index (χ2v) is 7.56. The second kappa shape index (κ2) is 7.63. The van der Waals surface area contributed by atoms with Crippen molar-refractivity contribution in [2.45, 2.75) is 13.0 Å². The number of anilines is 1. The van der Waals surface area contributed by atoms with Crippen LogP contribution >= 0.6 is 54.8 Å². The van der Waals surface area contributed by atoms with Crippen LogP contribution in [0.5, 0.6) is 0 Å². The van der Waals surface area contributed by atoms with E-state index in [4.69, 9.17) is 16.3 Å². The molecule has 0 saturated carbocycles. The van der Waals surface area contributed by atoms with Crippen LogP contribution in [0.25, 0.3) is 0 Å². The summed E-state index contributed by atoms with van der Waals surface area (Å²) in [6, 6.07) is 8.84. The first-order valence-corrected chi connectivity index (χ1v) is 8.92. The highest BCUT2D eigenvalue weighted by Gasteiger charge is 2.25. The maximum Gasteiger partial charge on any atom is 0.334 e. The quantitative estimate of drug-likeness (QED) is 0.595. The fourth-order valence-corrected chi connectivity index (χ4v) is 3.73. The SMILES string of the molecule is CCOC(=O)C(Nc1ccc(Br)cc1)c1cc(Br)c(Cl)s1. The van der Waals surface area contributed by atoms with Gasteiger partial charge in [0.15, 0.2) is 6.04 Å². The van der Waals surface area contributed by atoms with Crippen LogP contribution in [0.2, 0.25) is 4.34 Å². The molecule has 0 aliphatic carbocycles. The van der Waals surface area contributed by atoms with Crippen molar-refractivity contribution < 1.29 is 9.53 Å². The number of rotatable bonds is 5. The molecule has 3 nitrogen and oxygen atoms in total. The maximum atomic E-state index is 12.2. The number of hydrogen-bond donors (Lipinski definition) is 1. The van der Waals surface area contributed by atoms with E-state index in [0.717, 1.165) is 19.5 Å². The van der Waals surface area contributed by atoms with Crippen molar-refractivity contribution >= 4 is 66.5 Å². The molecule has 0 amide bonds. The molecule has 0 aliphatic heterocycles. The van der Waals surface area contributed by atoms with E-state index in [0.29, 0.717) is 10.9 Å². The molecule has 2 rings (SSSR count). The molecule has 1 atom stereocenters. The number of nitrogens with one attached hydrogen (secondary N) is 1. The van der Waals surface area contributed by atoms with Gasteiger partial charge in [-0.15, -0.1) is 11.3 Å². The minimum atomic E-state index is -0.583. The molecule has 112 valence electrons. The monoisotopic (exact) mass is 451 g/mol. The Kier molecular flexibility index (Phi) is 6.10. The van der Waals surface area contributed by atoms with Gasteiger partial charge < -0.3 is 10.1 Å². The predicted octanol–water partition coefficient (Wildman–Crippen LogP) is 5.64. The highest BCUT2D eigenvalue weighted by molar-refractivity contribution is 9.10. The number of carbonyl (C=O) groups is 1. The molecule has 1 aromatic heterocycles. The van der Waals surface area contributed by atoms with Crippen LogP contribution in [0.15, 0.2) is 39.3 Å². The topological polar surface area (TPSA) is 38.3 Å². The molecule has 1 heterocycles. The molecule has 0 spiro atoms. The van der Waals surface area contributed by atoms with Crippen molar-refractivity contribution in [3.05, 3.63) is 48.5 Å². The summed E-state index contributed by atoms with van der Waals surface area (Å²) in [6.07, 6.45) is 0. The lowest BCUT2D eigenvalue weighted by Gasteiger charge is -2.17. The molecule has 1 N–H and O–H groups in total. The molecule has 0 fully saturated rings. The van der Waals surface area contributed by atoms with Gasteiger partial charge in [-0.25, -0.2) is 4.79 Å². The smallest absolute Gasteiger partial charge is 0.334 e. The van der Waals surface area contributed by atoms with Gasteiger partial charge in [-0.3, -0.25) is 0 Å². The molecule has 7 heteroatoms. The second-order valence-electron chi connectivity index (χ2n) is 4.11. The van der Waals surface area contributed by atoms with Gasteiger partial charge in [0.05, 0.1) is 6.61 Å². The number of thiophene rings is 1. The number of benzene rings is 1. The summed E-state index contributed by atoms with van der Waals surface area (Å²) >= 11 is 14.2. The first-order chi connectivity index (χ1) is 10.0. The van der Waals surface area contributed by atoms with E-state index in [9.17, 15) is 4.79 Å². The fraction of sp³-hybridized carbons (Fsp3) is 0.214. The molecule has 0 bridgehead atoms. The molecule has 21 heavy (non-hydrogen) atoms. The van der Waals surface area contributed by atoms with Gasteiger partial charge in [-0.05, 0) is 53.2 Å². The van der Waals surface area contributed by atoms with Gasteiger partial charge in [-0.2, -0.15) is 0 Å². The Balaban J connectivity index is 2.27. The minimum absolute atomic E-state index is 0.328. The van der Waals surface area contributed by atoms with Crippen molar-refractivity contribution in [1.29, 1.82) is 0 Å². The van der Waals surface area contributed by atoms with Gasteiger partial charge in [0.2, 0.25) is 0 Å². The molecular formula is C14H12Br2ClNO2S. The zero-order chi connectivity index (χ0) is 15.4. The lowest BCUT2D eigenvalue weighted by molar-refractivity contribution is -0.144. The van der Waals surface area contributed by atoms with Crippen molar-refractivity contribution in [3.8, 4) is 0 Å². The summed E-state index contributed by atoms with van der Waals surface area (Å²) in [5, 5.41) is 3.18. The summed E-state index contributed by atoms with van der Waals surface area (Å²) in [6.45, 7) is 2.11. The Morgan fingerprint density at radius 2 is 2.05 bits per heavy atom. The molecule has 1 aromatic carbocycles. The third-order valence-corrected chi connectivity index (χ3v) is 5.69. The van der Waals surface area contributed by atoms with Crippen LogP contribution in [0.3, 0.4) is 0 Å². The summed E-state index contributed by atoms with van der Waals surface area (Å²) < 4.78 is 7.50. The Bertz CT molecular complexity index is 611. The fourth-order valence-electron chi connectivity index (χ4n) is 1.69. The Hall–Kier alpha value is -0.560. The van der Waals surface area contributed by atoms with Crippen LogP contribution < -0.4 is 5.32 Å². The summed E-state index contributed by atoms with van der Waals surface area (Å²) in [4.78, 5) is 13.0. The molecular weight excluding hydrogens is 441 g/mol. The number of carbonyl (C=O) groups excluding carboxylic acids is 1. The van der Waals surface area contributed by atoms with E-state index < -0.39 is 6.04 Å². The molecule has 0 radical (unpaired) electrons. The highest BCUT2D eigenvalue weighted by Crippen LogP contribution is 2.36. The number of hydrogen-bond acceptors (Lipinski definition) is 4. The van der Waals surface area contributed by atoms with E-state index >= 15 is 0 Å². The van der Waals surface area contributed by atoms with Gasteiger partial charge in [0.25, 0.3) is 0 Å². The Morgan fingerprint density at radius 1 is 1.38 bits per heavy atom. The lowest BCUT2D eigenvalue weighted by Crippen LogP contribution is -2.22. The zero-order valence-corrected chi connectivity index (χ0v) is 15.8. The molecule has 0 aliphatic rings. The van der Waals surface area contributed by atoms with E-state index in [1.165, 1.54) is 11.3 Å². The molecule has 0 saturated heterocycles. The van der Waals surface area contributed by atoms with Crippen LogP contribution in [0.1, 0.15) is 17.8 Å². The number of esters is 1. The van der Waals surface area contributed by atoms with Gasteiger partial charge in [0.1, 0.15) is 4.34 Å². The summed E-state index contributed by atoms with van der Waals surface area (Å²) in [5.41, 5.74) is 0.830. The van der Waals surface area contributed by atoms with Crippen molar-refractivity contribution in [1.82, 2.24) is 0 Å². The average Bonchev–Trinajstić information content (AvgIpc) is 2.78. The highest BCUT2D eigenvalue weighted by atomic mass is 79.9. The predicted molar refractivity (Wildman–Crippen MR) is 94.2 cm³/mol. The van der Waals surface area contributed by atoms with Crippen molar-refractivity contribution in [2.24, 2.45) is 0 Å². The Labute approximate surface area is 148 Å². The molecule has 1 unspecified atom stereocenters. The minimum Gasteiger partial charge on any atom is -0.464 e. The van der Waals surface area contributed by atoms with E-state index in [1.807, 2.05) is 30.3 Å². The summed E-state index contributed by atoms with van der Waals surface area (Å²) in [5.74, 6) is -0.328. The number of ether oxygens (including phenoxy) is 1. The zero-order valence-electron chi connectivity index (χ0n) is 11.0. The van der Waals surface area contributed by atoms with Crippen molar-refractivity contribution in [3.63, 3.8) is 0 Å². The number of halogens is 3. The van der Waals surface area contributed by atoms with Crippen LogP contribution in [0, 0.1) is 0 Å². The first-order valence-electron chi connectivity index (χ1n) is 6.14. The maximum absolute atomic E-state index is 12.2. The third kappa shape index (κ3) is 4.45. The van der Waals surface area contributed by atoms with Crippen LogP contribution in [-0.2, 0) is 9.53 Å². The average molecular weight is 454 g/mol.